The third kappa shape index (κ3) is 2.54. The van der Waals surface area contributed by atoms with Crippen molar-refractivity contribution >= 4 is 11.9 Å². The van der Waals surface area contributed by atoms with E-state index in [2.05, 4.69) is 0 Å². The van der Waals surface area contributed by atoms with Gasteiger partial charge in [-0.1, -0.05) is 13.0 Å². The van der Waals surface area contributed by atoms with Crippen LogP contribution in [0.2, 0.25) is 0 Å². The summed E-state index contributed by atoms with van der Waals surface area (Å²) in [5.41, 5.74) is 1.09. The number of hydrogen-bond donors (Lipinski definition) is 2. The van der Waals surface area contributed by atoms with Crippen molar-refractivity contribution in [3.8, 4) is 5.75 Å². The topological polar surface area (TPSA) is 77.8 Å². The molecule has 1 amide bonds. The fraction of sp³-hybridized carbons (Fsp3) is 0.429. The van der Waals surface area contributed by atoms with Crippen molar-refractivity contribution in [1.82, 2.24) is 4.90 Å². The van der Waals surface area contributed by atoms with Crippen molar-refractivity contribution in [2.24, 2.45) is 11.8 Å². The number of carbonyl (C=O) groups is 2. The van der Waals surface area contributed by atoms with Crippen LogP contribution in [0.5, 0.6) is 5.75 Å². The molecule has 0 unspecified atom stereocenters. The Balaban J connectivity index is 2.17. The van der Waals surface area contributed by atoms with Crippen LogP contribution in [0.4, 0.5) is 0 Å². The Kier molecular flexibility index (Phi) is 3.46. The van der Waals surface area contributed by atoms with Gasteiger partial charge in [0.05, 0.1) is 5.92 Å². The molecule has 0 spiro atoms. The highest BCUT2D eigenvalue weighted by Crippen LogP contribution is 2.26. The summed E-state index contributed by atoms with van der Waals surface area (Å²) in [6.45, 7) is 4.25. The Bertz CT molecular complexity index is 526. The van der Waals surface area contributed by atoms with Crippen molar-refractivity contribution in [2.75, 3.05) is 13.1 Å². The maximum atomic E-state index is 12.2. The summed E-state index contributed by atoms with van der Waals surface area (Å²) in [7, 11) is 0. The van der Waals surface area contributed by atoms with Crippen LogP contribution in [-0.2, 0) is 4.79 Å². The van der Waals surface area contributed by atoms with Gasteiger partial charge < -0.3 is 15.1 Å². The van der Waals surface area contributed by atoms with Gasteiger partial charge in [0.25, 0.3) is 5.91 Å². The third-order valence-corrected chi connectivity index (χ3v) is 3.67. The zero-order valence-corrected chi connectivity index (χ0v) is 11.0. The predicted octanol–water partition coefficient (Wildman–Crippen LogP) is 1.49. The first-order valence-corrected chi connectivity index (χ1v) is 6.22. The lowest BCUT2D eigenvalue weighted by atomic mass is 9.99. The second kappa shape index (κ2) is 4.91. The van der Waals surface area contributed by atoms with Gasteiger partial charge in [0.15, 0.2) is 0 Å². The van der Waals surface area contributed by atoms with Crippen molar-refractivity contribution in [1.29, 1.82) is 0 Å². The number of benzene rings is 1. The van der Waals surface area contributed by atoms with Crippen LogP contribution in [0.1, 0.15) is 22.8 Å². The Morgan fingerprint density at radius 1 is 1.32 bits per heavy atom. The van der Waals surface area contributed by atoms with Gasteiger partial charge in [-0.3, -0.25) is 9.59 Å². The Hall–Kier alpha value is -2.04. The molecule has 1 saturated heterocycles. The first kappa shape index (κ1) is 13.4. The number of aryl methyl sites for hydroxylation is 1. The number of phenolic OH excluding ortho intramolecular Hbond substituents is 1. The number of likely N-dealkylation sites (tertiary alicyclic amines) is 1. The van der Waals surface area contributed by atoms with Crippen LogP contribution in [0.15, 0.2) is 18.2 Å². The molecule has 0 radical (unpaired) electrons. The van der Waals surface area contributed by atoms with Crippen LogP contribution in [-0.4, -0.2) is 40.1 Å². The molecular weight excluding hydrogens is 246 g/mol. The molecule has 0 saturated carbocycles. The molecule has 1 aromatic carbocycles. The molecule has 1 heterocycles. The molecule has 1 aromatic rings. The molecule has 1 fully saturated rings. The molecule has 0 aliphatic carbocycles. The van der Waals surface area contributed by atoms with Gasteiger partial charge in [-0.25, -0.2) is 0 Å². The number of aromatic hydroxyl groups is 1. The number of hydrogen-bond acceptors (Lipinski definition) is 3. The molecule has 2 N–H and O–H groups in total. The number of carbonyl (C=O) groups excluding carboxylic acids is 1. The van der Waals surface area contributed by atoms with E-state index in [0.717, 1.165) is 0 Å². The SMILES string of the molecule is Cc1ccc(C(=O)N2C[C@@H](C)[C@H](C(=O)O)C2)cc1O. The highest BCUT2D eigenvalue weighted by molar-refractivity contribution is 5.95. The molecule has 102 valence electrons. The number of amides is 1. The normalized spacial score (nSPS) is 22.5. The van der Waals surface area contributed by atoms with Crippen LogP contribution in [0, 0.1) is 18.8 Å². The summed E-state index contributed by atoms with van der Waals surface area (Å²) in [6.07, 6.45) is 0. The Morgan fingerprint density at radius 3 is 2.53 bits per heavy atom. The van der Waals surface area contributed by atoms with Gasteiger partial charge in [-0.15, -0.1) is 0 Å². The fourth-order valence-corrected chi connectivity index (χ4v) is 2.38. The lowest BCUT2D eigenvalue weighted by molar-refractivity contribution is -0.142. The molecule has 0 aromatic heterocycles. The van der Waals surface area contributed by atoms with E-state index in [1.807, 2.05) is 6.92 Å². The van der Waals surface area contributed by atoms with Gasteiger partial charge in [-0.2, -0.15) is 0 Å². The second-order valence-electron chi connectivity index (χ2n) is 5.13. The summed E-state index contributed by atoms with van der Waals surface area (Å²) < 4.78 is 0. The van der Waals surface area contributed by atoms with E-state index in [0.29, 0.717) is 17.7 Å². The highest BCUT2D eigenvalue weighted by Gasteiger charge is 2.37. The molecule has 1 aliphatic heterocycles. The molecule has 2 rings (SSSR count). The standard InChI is InChI=1S/C14H17NO4/c1-8-3-4-10(5-12(8)16)13(17)15-6-9(2)11(7-15)14(18)19/h3-5,9,11,16H,6-7H2,1-2H3,(H,18,19)/t9-,11-/m1/s1. The number of carboxylic acids is 1. The first-order chi connectivity index (χ1) is 8.90. The average Bonchev–Trinajstić information content (AvgIpc) is 2.74. The quantitative estimate of drug-likeness (QED) is 0.847. The largest absolute Gasteiger partial charge is 0.508 e. The van der Waals surface area contributed by atoms with Gasteiger partial charge in [0, 0.05) is 18.7 Å². The number of aliphatic carboxylic acids is 1. The molecular formula is C14H17NO4. The summed E-state index contributed by atoms with van der Waals surface area (Å²) >= 11 is 0. The van der Waals surface area contributed by atoms with E-state index >= 15 is 0 Å². The zero-order valence-electron chi connectivity index (χ0n) is 11.0. The number of carboxylic acid groups (broad SMARTS) is 1. The maximum Gasteiger partial charge on any atom is 0.308 e. The summed E-state index contributed by atoms with van der Waals surface area (Å²) in [5, 5.41) is 18.7. The van der Waals surface area contributed by atoms with Crippen LogP contribution < -0.4 is 0 Å². The number of rotatable bonds is 2. The molecule has 1 aliphatic rings. The fourth-order valence-electron chi connectivity index (χ4n) is 2.38. The van der Waals surface area contributed by atoms with E-state index in [-0.39, 0.29) is 24.1 Å². The third-order valence-electron chi connectivity index (χ3n) is 3.67. The maximum absolute atomic E-state index is 12.2. The monoisotopic (exact) mass is 263 g/mol. The van der Waals surface area contributed by atoms with Gasteiger partial charge in [-0.05, 0) is 30.5 Å². The van der Waals surface area contributed by atoms with Crippen molar-refractivity contribution < 1.29 is 19.8 Å². The van der Waals surface area contributed by atoms with Crippen molar-refractivity contribution in [3.63, 3.8) is 0 Å². The average molecular weight is 263 g/mol. The predicted molar refractivity (Wildman–Crippen MR) is 69.0 cm³/mol. The van der Waals surface area contributed by atoms with Crippen LogP contribution >= 0.6 is 0 Å². The summed E-state index contributed by atoms with van der Waals surface area (Å²) in [4.78, 5) is 24.8. The van der Waals surface area contributed by atoms with E-state index in [4.69, 9.17) is 5.11 Å². The zero-order chi connectivity index (χ0) is 14.2. The lowest BCUT2D eigenvalue weighted by Gasteiger charge is -2.16. The van der Waals surface area contributed by atoms with E-state index in [1.165, 1.54) is 11.0 Å². The number of phenols is 1. The van der Waals surface area contributed by atoms with E-state index in [1.54, 1.807) is 19.1 Å². The molecule has 2 atom stereocenters. The minimum Gasteiger partial charge on any atom is -0.508 e. The molecule has 5 heteroatoms. The molecule has 0 bridgehead atoms. The minimum atomic E-state index is -0.866. The van der Waals surface area contributed by atoms with E-state index in [9.17, 15) is 14.7 Å². The summed E-state index contributed by atoms with van der Waals surface area (Å²) in [6, 6.07) is 4.75. The number of nitrogens with zero attached hydrogens (tertiary/aromatic N) is 1. The molecule has 19 heavy (non-hydrogen) atoms. The summed E-state index contributed by atoms with van der Waals surface area (Å²) in [5.74, 6) is -1.59. The van der Waals surface area contributed by atoms with Gasteiger partial charge in [0.1, 0.15) is 5.75 Å². The Morgan fingerprint density at radius 2 is 2.00 bits per heavy atom. The van der Waals surface area contributed by atoms with Gasteiger partial charge in [0.2, 0.25) is 0 Å². The molecule has 5 nitrogen and oxygen atoms in total. The van der Waals surface area contributed by atoms with Crippen LogP contribution in [0.3, 0.4) is 0 Å². The second-order valence-corrected chi connectivity index (χ2v) is 5.13. The van der Waals surface area contributed by atoms with Crippen molar-refractivity contribution in [2.45, 2.75) is 13.8 Å². The minimum absolute atomic E-state index is 0.0551. The van der Waals surface area contributed by atoms with Gasteiger partial charge >= 0.3 is 5.97 Å². The van der Waals surface area contributed by atoms with Crippen molar-refractivity contribution in [3.05, 3.63) is 29.3 Å². The van der Waals surface area contributed by atoms with Crippen LogP contribution in [0.25, 0.3) is 0 Å². The lowest BCUT2D eigenvalue weighted by Crippen LogP contribution is -2.29. The smallest absolute Gasteiger partial charge is 0.308 e. The highest BCUT2D eigenvalue weighted by atomic mass is 16.4. The van der Waals surface area contributed by atoms with E-state index < -0.39 is 11.9 Å². The Labute approximate surface area is 111 Å². The first-order valence-electron chi connectivity index (χ1n) is 6.22.